The third kappa shape index (κ3) is 2.74. The van der Waals surface area contributed by atoms with E-state index in [0.29, 0.717) is 6.42 Å². The highest BCUT2D eigenvalue weighted by Gasteiger charge is 2.54. The van der Waals surface area contributed by atoms with Gasteiger partial charge in [0.2, 0.25) is 0 Å². The summed E-state index contributed by atoms with van der Waals surface area (Å²) in [6.07, 6.45) is 9.39. The van der Waals surface area contributed by atoms with E-state index in [0.717, 1.165) is 35.5 Å². The third-order valence-electron chi connectivity index (χ3n) is 6.72. The Morgan fingerprint density at radius 1 is 1.35 bits per heavy atom. The molecule has 1 aliphatic carbocycles. The first-order chi connectivity index (χ1) is 12.5. The molecule has 0 saturated carbocycles. The van der Waals surface area contributed by atoms with Crippen molar-refractivity contribution in [2.24, 2.45) is 0 Å². The number of nitrogens with zero attached hydrogens (tertiary/aromatic N) is 1. The number of benzene rings is 1. The van der Waals surface area contributed by atoms with E-state index in [-0.39, 0.29) is 11.5 Å². The van der Waals surface area contributed by atoms with E-state index >= 15 is 0 Å². The van der Waals surface area contributed by atoms with Crippen LogP contribution in [-0.2, 0) is 12.0 Å². The average molecular weight is 359 g/mol. The topological polar surface area (TPSA) is 38.7 Å². The molecule has 1 N–H and O–H groups in total. The molecule has 0 bridgehead atoms. The number of aliphatic hydroxyl groups excluding tert-OH is 1. The second kappa shape index (κ2) is 6.58. The molecule has 0 saturated heterocycles. The first kappa shape index (κ1) is 17.9. The Morgan fingerprint density at radius 2 is 2.19 bits per heavy atom. The minimum atomic E-state index is -0.414. The van der Waals surface area contributed by atoms with Gasteiger partial charge < -0.3 is 19.1 Å². The zero-order chi connectivity index (χ0) is 18.4. The lowest BCUT2D eigenvalue weighted by Crippen LogP contribution is -2.47. The largest absolute Gasteiger partial charge is 0.493 e. The summed E-state index contributed by atoms with van der Waals surface area (Å²) in [7, 11) is 4.11. The van der Waals surface area contributed by atoms with E-state index in [4.69, 9.17) is 9.47 Å². The number of methoxy groups -OCH3 is 1. The molecule has 0 fully saturated rings. The van der Waals surface area contributed by atoms with Crippen LogP contribution in [0.3, 0.4) is 0 Å². The predicted molar refractivity (Wildman–Crippen MR) is 103 cm³/mol. The minimum Gasteiger partial charge on any atom is -0.493 e. The van der Waals surface area contributed by atoms with Crippen LogP contribution in [-0.4, -0.2) is 49.0 Å². The number of unbranched alkanes of at least 4 members (excludes halogenated alkanes) is 2. The minimum absolute atomic E-state index is 0.00902. The van der Waals surface area contributed by atoms with Gasteiger partial charge in [-0.25, -0.2) is 0 Å². The lowest BCUT2D eigenvalue weighted by Gasteiger charge is -2.37. The Hall–Kier alpha value is -1.52. The van der Waals surface area contributed by atoms with Gasteiger partial charge in [0, 0.05) is 24.0 Å². The molecule has 2 heterocycles. The van der Waals surface area contributed by atoms with Crippen molar-refractivity contribution in [2.45, 2.75) is 63.2 Å². The lowest BCUT2D eigenvalue weighted by molar-refractivity contribution is -0.922. The smallest absolute Gasteiger partial charge is 0.166 e. The molecular formula is C22H32NO3+. The highest BCUT2D eigenvalue weighted by Crippen LogP contribution is 2.56. The van der Waals surface area contributed by atoms with E-state index in [1.165, 1.54) is 36.9 Å². The SMILES string of the molecule is CCCCC[N+]1(C)CC[C@@]23C=C[C@H](O)C[C@@H]2Oc2c(OC)ccc(c23)C1. The molecule has 1 spiro atoms. The quantitative estimate of drug-likeness (QED) is 0.497. The first-order valence-electron chi connectivity index (χ1n) is 10.1. The molecule has 0 amide bonds. The summed E-state index contributed by atoms with van der Waals surface area (Å²) in [6, 6.07) is 4.30. The van der Waals surface area contributed by atoms with Gasteiger partial charge in [0.15, 0.2) is 11.5 Å². The van der Waals surface area contributed by atoms with Gasteiger partial charge >= 0.3 is 0 Å². The fraction of sp³-hybridized carbons (Fsp3) is 0.636. The molecule has 4 atom stereocenters. The molecule has 1 aromatic carbocycles. The molecule has 1 unspecified atom stereocenters. The fourth-order valence-electron chi connectivity index (χ4n) is 5.21. The Bertz CT molecular complexity index is 716. The first-order valence-corrected chi connectivity index (χ1v) is 10.1. The summed E-state index contributed by atoms with van der Waals surface area (Å²) in [4.78, 5) is 0. The van der Waals surface area contributed by atoms with Gasteiger partial charge in [-0.2, -0.15) is 0 Å². The summed E-state index contributed by atoms with van der Waals surface area (Å²) < 4.78 is 13.1. The Kier molecular flexibility index (Phi) is 4.52. The van der Waals surface area contributed by atoms with Crippen LogP contribution in [0.2, 0.25) is 0 Å². The van der Waals surface area contributed by atoms with Crippen molar-refractivity contribution in [3.8, 4) is 11.5 Å². The zero-order valence-corrected chi connectivity index (χ0v) is 16.3. The average Bonchev–Trinajstić information content (AvgIpc) is 2.89. The van der Waals surface area contributed by atoms with Gasteiger partial charge in [0.25, 0.3) is 0 Å². The molecular weight excluding hydrogens is 326 g/mol. The fourth-order valence-corrected chi connectivity index (χ4v) is 5.21. The van der Waals surface area contributed by atoms with Crippen LogP contribution in [0.5, 0.6) is 11.5 Å². The summed E-state index contributed by atoms with van der Waals surface area (Å²) in [5, 5.41) is 10.2. The molecule has 26 heavy (non-hydrogen) atoms. The van der Waals surface area contributed by atoms with Crippen molar-refractivity contribution in [1.82, 2.24) is 0 Å². The number of hydrogen-bond donors (Lipinski definition) is 1. The van der Waals surface area contributed by atoms with E-state index in [1.807, 2.05) is 6.08 Å². The summed E-state index contributed by atoms with van der Waals surface area (Å²) in [6.45, 7) is 5.68. The van der Waals surface area contributed by atoms with Crippen LogP contribution in [0.1, 0.15) is 50.2 Å². The molecule has 142 valence electrons. The second-order valence-corrected chi connectivity index (χ2v) is 8.62. The van der Waals surface area contributed by atoms with Gasteiger partial charge in [-0.1, -0.05) is 25.5 Å². The van der Waals surface area contributed by atoms with Crippen LogP contribution >= 0.6 is 0 Å². The summed E-state index contributed by atoms with van der Waals surface area (Å²) in [5.41, 5.74) is 2.60. The summed E-state index contributed by atoms with van der Waals surface area (Å²) >= 11 is 0. The van der Waals surface area contributed by atoms with E-state index < -0.39 is 6.10 Å². The van der Waals surface area contributed by atoms with E-state index in [9.17, 15) is 5.11 Å². The maximum atomic E-state index is 10.2. The summed E-state index contributed by atoms with van der Waals surface area (Å²) in [5.74, 6) is 1.73. The lowest BCUT2D eigenvalue weighted by atomic mass is 9.69. The highest BCUT2D eigenvalue weighted by molar-refractivity contribution is 5.60. The Labute approximate surface area is 157 Å². The Balaban J connectivity index is 1.78. The Morgan fingerprint density at radius 3 is 2.96 bits per heavy atom. The van der Waals surface area contributed by atoms with Gasteiger partial charge in [-0.3, -0.25) is 0 Å². The molecule has 4 heteroatoms. The van der Waals surface area contributed by atoms with Crippen molar-refractivity contribution < 1.29 is 19.1 Å². The number of hydrogen-bond acceptors (Lipinski definition) is 3. The maximum Gasteiger partial charge on any atom is 0.166 e. The van der Waals surface area contributed by atoms with Gasteiger partial charge in [0.05, 0.1) is 38.8 Å². The third-order valence-corrected chi connectivity index (χ3v) is 6.72. The van der Waals surface area contributed by atoms with Gasteiger partial charge in [0.1, 0.15) is 12.6 Å². The van der Waals surface area contributed by atoms with E-state index in [1.54, 1.807) is 7.11 Å². The standard InChI is InChI=1S/C22H32NO3/c1-4-5-6-12-23(2)13-11-22-10-9-17(24)14-19(22)26-21-18(25-3)8-7-16(15-23)20(21)22/h7-10,17,19,24H,4-6,11-15H2,1-3H3/q+1/t17-,19-,22-,23?/m0/s1. The van der Waals surface area contributed by atoms with Crippen molar-refractivity contribution in [2.75, 3.05) is 27.2 Å². The molecule has 3 aliphatic rings. The normalized spacial score (nSPS) is 34.6. The highest BCUT2D eigenvalue weighted by atomic mass is 16.5. The number of rotatable bonds is 5. The van der Waals surface area contributed by atoms with Crippen molar-refractivity contribution in [1.29, 1.82) is 0 Å². The maximum absolute atomic E-state index is 10.2. The molecule has 2 aliphatic heterocycles. The zero-order valence-electron chi connectivity index (χ0n) is 16.3. The number of quaternary nitrogens is 1. The van der Waals surface area contributed by atoms with Crippen molar-refractivity contribution in [3.63, 3.8) is 0 Å². The molecule has 0 aromatic heterocycles. The molecule has 4 rings (SSSR count). The van der Waals surface area contributed by atoms with Crippen LogP contribution in [0.25, 0.3) is 0 Å². The van der Waals surface area contributed by atoms with Crippen LogP contribution < -0.4 is 9.47 Å². The molecule has 0 radical (unpaired) electrons. The van der Waals surface area contributed by atoms with Crippen molar-refractivity contribution in [3.05, 3.63) is 35.4 Å². The monoisotopic (exact) mass is 358 g/mol. The van der Waals surface area contributed by atoms with Crippen molar-refractivity contribution >= 4 is 0 Å². The molecule has 4 nitrogen and oxygen atoms in total. The van der Waals surface area contributed by atoms with Gasteiger partial charge in [-0.05, 0) is 25.0 Å². The number of aliphatic hydroxyl groups is 1. The van der Waals surface area contributed by atoms with Crippen LogP contribution in [0.4, 0.5) is 0 Å². The van der Waals surface area contributed by atoms with E-state index in [2.05, 4.69) is 32.2 Å². The molecule has 1 aromatic rings. The van der Waals surface area contributed by atoms with Crippen LogP contribution in [0, 0.1) is 0 Å². The predicted octanol–water partition coefficient (Wildman–Crippen LogP) is 3.56. The second-order valence-electron chi connectivity index (χ2n) is 8.62. The van der Waals surface area contributed by atoms with Crippen LogP contribution in [0.15, 0.2) is 24.3 Å². The van der Waals surface area contributed by atoms with Gasteiger partial charge in [-0.15, -0.1) is 0 Å². The number of ether oxygens (including phenoxy) is 2.